The molecule has 1 radical (unpaired) electrons. The number of aromatic hydroxyl groups is 2. The third kappa shape index (κ3) is 5.72. The fourth-order valence-corrected chi connectivity index (χ4v) is 3.29. The van der Waals surface area contributed by atoms with E-state index < -0.39 is 35.6 Å². The van der Waals surface area contributed by atoms with Crippen molar-refractivity contribution in [3.8, 4) is 11.5 Å². The van der Waals surface area contributed by atoms with Crippen LogP contribution in [0.3, 0.4) is 0 Å². The second kappa shape index (κ2) is 10.8. The normalized spacial score (nSPS) is 15.5. The van der Waals surface area contributed by atoms with E-state index in [4.69, 9.17) is 8.83 Å². The maximum atomic E-state index is 11.8. The molecule has 0 bridgehead atoms. The monoisotopic (exact) mass is 471 g/mol. The van der Waals surface area contributed by atoms with Crippen molar-refractivity contribution in [2.45, 2.75) is 32.7 Å². The molecule has 169 valence electrons. The summed E-state index contributed by atoms with van der Waals surface area (Å²) in [7, 11) is 0. The summed E-state index contributed by atoms with van der Waals surface area (Å²) >= 11 is 0. The summed E-state index contributed by atoms with van der Waals surface area (Å²) < 4.78 is 10.8. The van der Waals surface area contributed by atoms with Crippen molar-refractivity contribution >= 4 is 0 Å². The minimum atomic E-state index is -0.596. The molecule has 0 aromatic carbocycles. The molecule has 11 heteroatoms. The largest absolute Gasteiger partial charge is 0.502 e. The minimum Gasteiger partial charge on any atom is -0.502 e. The Morgan fingerprint density at radius 2 is 1.17 bits per heavy atom. The maximum Gasteiger partial charge on any atom is 0.227 e. The Hall–Kier alpha value is -2.14. The Morgan fingerprint density at radius 1 is 0.767 bits per heavy atom. The van der Waals surface area contributed by atoms with Gasteiger partial charge in [0.25, 0.3) is 0 Å². The van der Waals surface area contributed by atoms with Crippen molar-refractivity contribution in [2.75, 3.05) is 26.2 Å². The maximum absolute atomic E-state index is 11.8. The summed E-state index contributed by atoms with van der Waals surface area (Å²) in [5.74, 6) is -0.530. The molecule has 0 spiro atoms. The number of nitrogens with zero attached hydrogens (tertiary/aromatic N) is 2. The summed E-state index contributed by atoms with van der Waals surface area (Å²) in [5.41, 5.74) is -1.19. The summed E-state index contributed by atoms with van der Waals surface area (Å²) in [6, 6.07) is 2.12. The van der Waals surface area contributed by atoms with E-state index in [1.807, 2.05) is 9.80 Å². The van der Waals surface area contributed by atoms with E-state index in [0.29, 0.717) is 26.2 Å². The number of hydrogen-bond acceptors (Lipinski definition) is 10. The third-order valence-corrected chi connectivity index (χ3v) is 4.82. The third-order valence-electron chi connectivity index (χ3n) is 4.82. The number of hydrogen-bond donors (Lipinski definition) is 4. The van der Waals surface area contributed by atoms with Crippen LogP contribution >= 0.6 is 0 Å². The summed E-state index contributed by atoms with van der Waals surface area (Å²) in [4.78, 5) is 27.5. The zero-order chi connectivity index (χ0) is 21.0. The first kappa shape index (κ1) is 24.1. The summed E-state index contributed by atoms with van der Waals surface area (Å²) in [6.07, 6.45) is 0.759. The smallest absolute Gasteiger partial charge is 0.227 e. The van der Waals surface area contributed by atoms with E-state index in [2.05, 4.69) is 0 Å². The predicted octanol–water partition coefficient (Wildman–Crippen LogP) is -0.306. The molecular formula is C19H24CuN2O8. The molecular weight excluding hydrogens is 448 g/mol. The van der Waals surface area contributed by atoms with Crippen molar-refractivity contribution in [3.05, 3.63) is 55.6 Å². The standard InChI is InChI=1S/C19H24N2O8.Cu/c22-10-12-6-14(24)18(26)16(28-12)8-20-2-1-3-21(5-4-20)9-17-19(27)15(25)7-13(11-23)29-17;/h6-7,22-23,26-27H,1-5,8-11H2;. The fourth-order valence-electron chi connectivity index (χ4n) is 3.29. The SMILES string of the molecule is O=c1cc(CO)oc(CN2CCCN(Cc3oc(CO)cc(=O)c3O)CC2)c1O.[Cu]. The van der Waals surface area contributed by atoms with Crippen LogP contribution in [-0.4, -0.2) is 56.4 Å². The van der Waals surface area contributed by atoms with Gasteiger partial charge < -0.3 is 29.3 Å². The van der Waals surface area contributed by atoms with Crippen LogP contribution in [0.4, 0.5) is 0 Å². The van der Waals surface area contributed by atoms with E-state index in [9.17, 15) is 30.0 Å². The van der Waals surface area contributed by atoms with E-state index >= 15 is 0 Å². The van der Waals surface area contributed by atoms with Crippen LogP contribution in [-0.2, 0) is 43.4 Å². The Kier molecular flexibility index (Phi) is 8.65. The van der Waals surface area contributed by atoms with Crippen LogP contribution in [0.2, 0.25) is 0 Å². The van der Waals surface area contributed by atoms with Crippen molar-refractivity contribution in [3.63, 3.8) is 0 Å². The van der Waals surface area contributed by atoms with E-state index in [0.717, 1.165) is 18.6 Å². The second-order valence-electron chi connectivity index (χ2n) is 6.92. The fraction of sp³-hybridized carbons (Fsp3) is 0.474. The van der Waals surface area contributed by atoms with Crippen LogP contribution in [0.15, 0.2) is 30.6 Å². The van der Waals surface area contributed by atoms with Crippen LogP contribution in [0, 0.1) is 0 Å². The van der Waals surface area contributed by atoms with Gasteiger partial charge in [-0.15, -0.1) is 0 Å². The van der Waals surface area contributed by atoms with Gasteiger partial charge in [0.2, 0.25) is 22.4 Å². The Morgan fingerprint density at radius 3 is 1.53 bits per heavy atom. The topological polar surface area (TPSA) is 148 Å². The molecule has 1 aliphatic heterocycles. The van der Waals surface area contributed by atoms with Gasteiger partial charge in [0.1, 0.15) is 24.7 Å². The first-order chi connectivity index (χ1) is 13.9. The van der Waals surface area contributed by atoms with E-state index in [1.54, 1.807) is 0 Å². The molecule has 3 heterocycles. The van der Waals surface area contributed by atoms with Gasteiger partial charge in [-0.3, -0.25) is 19.4 Å². The van der Waals surface area contributed by atoms with Crippen LogP contribution in [0.5, 0.6) is 11.5 Å². The Bertz CT molecular complexity index is 896. The number of rotatable bonds is 6. The van der Waals surface area contributed by atoms with Gasteiger partial charge in [-0.05, 0) is 19.5 Å². The van der Waals surface area contributed by atoms with E-state index in [1.165, 1.54) is 0 Å². The zero-order valence-corrected chi connectivity index (χ0v) is 17.1. The van der Waals surface area contributed by atoms with Crippen molar-refractivity contribution < 1.29 is 46.3 Å². The van der Waals surface area contributed by atoms with Gasteiger partial charge in [-0.25, -0.2) is 0 Å². The molecule has 3 rings (SSSR count). The van der Waals surface area contributed by atoms with Gasteiger partial charge in [-0.1, -0.05) is 0 Å². The minimum absolute atomic E-state index is 0. The number of aliphatic hydroxyl groups is 2. The molecule has 30 heavy (non-hydrogen) atoms. The zero-order valence-electron chi connectivity index (χ0n) is 16.1. The van der Waals surface area contributed by atoms with Gasteiger partial charge >= 0.3 is 0 Å². The molecule has 0 saturated carbocycles. The quantitative estimate of drug-likeness (QED) is 0.413. The Balaban J connectivity index is 0.00000320. The first-order valence-electron chi connectivity index (χ1n) is 9.27. The molecule has 0 unspecified atom stereocenters. The number of aliphatic hydroxyl groups excluding tert-OH is 2. The van der Waals surface area contributed by atoms with E-state index in [-0.39, 0.29) is 53.2 Å². The van der Waals surface area contributed by atoms with Gasteiger partial charge in [0.15, 0.2) is 11.5 Å². The van der Waals surface area contributed by atoms with Crippen LogP contribution < -0.4 is 10.9 Å². The average molecular weight is 472 g/mol. The molecule has 2 aromatic rings. The molecule has 1 saturated heterocycles. The molecule has 0 atom stereocenters. The summed E-state index contributed by atoms with van der Waals surface area (Å²) in [6.45, 7) is 2.07. The molecule has 2 aromatic heterocycles. The molecule has 1 fully saturated rings. The van der Waals surface area contributed by atoms with Crippen LogP contribution in [0.1, 0.15) is 29.5 Å². The second-order valence-corrected chi connectivity index (χ2v) is 6.92. The van der Waals surface area contributed by atoms with Gasteiger partial charge in [0, 0.05) is 42.3 Å². The van der Waals surface area contributed by atoms with Crippen molar-refractivity contribution in [1.29, 1.82) is 0 Å². The molecule has 1 aliphatic rings. The van der Waals surface area contributed by atoms with Gasteiger partial charge in [-0.2, -0.15) is 0 Å². The average Bonchev–Trinajstić information content (AvgIpc) is 2.93. The molecule has 4 N–H and O–H groups in total. The summed E-state index contributed by atoms with van der Waals surface area (Å²) in [5, 5.41) is 38.3. The van der Waals surface area contributed by atoms with Crippen LogP contribution in [0.25, 0.3) is 0 Å². The van der Waals surface area contributed by atoms with Gasteiger partial charge in [0.05, 0.1) is 13.1 Å². The van der Waals surface area contributed by atoms with Crippen molar-refractivity contribution in [1.82, 2.24) is 9.80 Å². The molecule has 0 amide bonds. The first-order valence-corrected chi connectivity index (χ1v) is 9.27. The molecule has 10 nitrogen and oxygen atoms in total. The van der Waals surface area contributed by atoms with Crippen molar-refractivity contribution in [2.24, 2.45) is 0 Å². The predicted molar refractivity (Wildman–Crippen MR) is 100 cm³/mol. The molecule has 0 aliphatic carbocycles. The Labute approximate surface area is 182 Å².